The quantitative estimate of drug-likeness (QED) is 0.574. The van der Waals surface area contributed by atoms with Crippen LogP contribution in [0.15, 0.2) is 48.5 Å². The number of hydrogen-bond acceptors (Lipinski definition) is 5. The largest absolute Gasteiger partial charge is 0.454 e. The second kappa shape index (κ2) is 10.2. The smallest absolute Gasteiger partial charge is 0.416 e. The van der Waals surface area contributed by atoms with E-state index in [0.29, 0.717) is 11.3 Å². The van der Waals surface area contributed by atoms with Gasteiger partial charge in [-0.1, -0.05) is 0 Å². The predicted octanol–water partition coefficient (Wildman–Crippen LogP) is 1.98. The van der Waals surface area contributed by atoms with Crippen LogP contribution in [0.1, 0.15) is 26.3 Å². The highest BCUT2D eigenvalue weighted by Crippen LogP contribution is 2.29. The lowest BCUT2D eigenvalue weighted by Gasteiger charge is -2.09. The number of benzene rings is 2. The molecule has 0 saturated carbocycles. The lowest BCUT2D eigenvalue weighted by Crippen LogP contribution is -2.32. The first-order chi connectivity index (χ1) is 14.6. The molecule has 0 heterocycles. The topological polar surface area (TPSA) is 114 Å². The Balaban J connectivity index is 1.75. The molecule has 31 heavy (non-hydrogen) atoms. The van der Waals surface area contributed by atoms with Gasteiger partial charge in [-0.15, -0.1) is 0 Å². The summed E-state index contributed by atoms with van der Waals surface area (Å²) in [5.41, 5.74) is -0.198. The van der Waals surface area contributed by atoms with E-state index in [0.717, 1.165) is 24.3 Å². The molecule has 3 amide bonds. The second-order valence-electron chi connectivity index (χ2n) is 6.12. The zero-order chi connectivity index (χ0) is 23.0. The van der Waals surface area contributed by atoms with Crippen LogP contribution in [-0.2, 0) is 20.5 Å². The zero-order valence-electron chi connectivity index (χ0n) is 16.2. The van der Waals surface area contributed by atoms with E-state index in [-0.39, 0.29) is 11.5 Å². The highest BCUT2D eigenvalue weighted by molar-refractivity contribution is 5.97. The van der Waals surface area contributed by atoms with Crippen molar-refractivity contribution in [3.63, 3.8) is 0 Å². The maximum atomic E-state index is 12.5. The summed E-state index contributed by atoms with van der Waals surface area (Å²) >= 11 is 0. The first-order valence-corrected chi connectivity index (χ1v) is 8.83. The van der Waals surface area contributed by atoms with Crippen LogP contribution in [0.5, 0.6) is 0 Å². The Morgan fingerprint density at radius 2 is 1.42 bits per heavy atom. The minimum absolute atomic E-state index is 0.0706. The van der Waals surface area contributed by atoms with Crippen molar-refractivity contribution in [3.05, 3.63) is 65.2 Å². The number of anilines is 1. The Bertz CT molecular complexity index is 958. The van der Waals surface area contributed by atoms with Crippen LogP contribution in [0.3, 0.4) is 0 Å². The molecular weight excluding hydrogens is 419 g/mol. The number of alkyl halides is 3. The van der Waals surface area contributed by atoms with Crippen molar-refractivity contribution >= 4 is 29.4 Å². The average Bonchev–Trinajstić information content (AvgIpc) is 2.75. The van der Waals surface area contributed by atoms with E-state index in [1.54, 1.807) is 0 Å². The summed E-state index contributed by atoms with van der Waals surface area (Å²) in [5, 5.41) is 7.10. The van der Waals surface area contributed by atoms with Crippen LogP contribution in [0, 0.1) is 0 Å². The van der Waals surface area contributed by atoms with Gasteiger partial charge in [-0.2, -0.15) is 13.2 Å². The molecule has 0 atom stereocenters. The summed E-state index contributed by atoms with van der Waals surface area (Å²) in [7, 11) is 1.48. The molecule has 164 valence electrons. The van der Waals surface area contributed by atoms with E-state index in [2.05, 4.69) is 16.0 Å². The van der Waals surface area contributed by atoms with Crippen LogP contribution < -0.4 is 16.0 Å². The fourth-order valence-electron chi connectivity index (χ4n) is 2.31. The molecule has 0 bridgehead atoms. The van der Waals surface area contributed by atoms with Gasteiger partial charge in [-0.3, -0.25) is 19.2 Å². The molecule has 0 aliphatic rings. The van der Waals surface area contributed by atoms with Crippen LogP contribution in [0.4, 0.5) is 18.9 Å². The molecule has 0 unspecified atom stereocenters. The first kappa shape index (κ1) is 23.4. The van der Waals surface area contributed by atoms with Crippen molar-refractivity contribution in [2.45, 2.75) is 6.18 Å². The van der Waals surface area contributed by atoms with Gasteiger partial charge in [0.15, 0.2) is 6.61 Å². The molecule has 2 aromatic carbocycles. The summed E-state index contributed by atoms with van der Waals surface area (Å²) in [6.07, 6.45) is -4.52. The number of rotatable bonds is 7. The molecule has 2 aromatic rings. The van der Waals surface area contributed by atoms with Gasteiger partial charge in [0, 0.05) is 23.9 Å². The van der Waals surface area contributed by atoms with Gasteiger partial charge in [-0.25, -0.2) is 0 Å². The van der Waals surface area contributed by atoms with Crippen LogP contribution in [0.2, 0.25) is 0 Å². The van der Waals surface area contributed by atoms with Crippen LogP contribution in [-0.4, -0.2) is 43.9 Å². The third kappa shape index (κ3) is 7.14. The van der Waals surface area contributed by atoms with Gasteiger partial charge in [0.05, 0.1) is 5.56 Å². The molecule has 0 aromatic heterocycles. The van der Waals surface area contributed by atoms with Gasteiger partial charge >= 0.3 is 12.1 Å². The molecular formula is C20H18F3N3O5. The third-order valence-corrected chi connectivity index (χ3v) is 3.89. The lowest BCUT2D eigenvalue weighted by atomic mass is 10.1. The van der Waals surface area contributed by atoms with E-state index in [1.807, 2.05) is 0 Å². The van der Waals surface area contributed by atoms with Crippen molar-refractivity contribution in [3.8, 4) is 0 Å². The monoisotopic (exact) mass is 437 g/mol. The highest BCUT2D eigenvalue weighted by atomic mass is 19.4. The number of amides is 3. The van der Waals surface area contributed by atoms with Crippen LogP contribution in [0.25, 0.3) is 0 Å². The van der Waals surface area contributed by atoms with Crippen molar-refractivity contribution < 1.29 is 37.1 Å². The van der Waals surface area contributed by atoms with E-state index in [4.69, 9.17) is 4.74 Å². The van der Waals surface area contributed by atoms with Crippen molar-refractivity contribution in [1.82, 2.24) is 10.6 Å². The fourth-order valence-corrected chi connectivity index (χ4v) is 2.31. The first-order valence-electron chi connectivity index (χ1n) is 8.83. The molecule has 0 fully saturated rings. The van der Waals surface area contributed by atoms with Gasteiger partial charge in [0.25, 0.3) is 17.7 Å². The maximum absolute atomic E-state index is 12.5. The van der Waals surface area contributed by atoms with Gasteiger partial charge in [0.2, 0.25) is 0 Å². The number of esters is 1. The van der Waals surface area contributed by atoms with Crippen molar-refractivity contribution in [2.24, 2.45) is 0 Å². The minimum atomic E-state index is -4.52. The number of carbonyl (C=O) groups is 4. The van der Waals surface area contributed by atoms with Crippen molar-refractivity contribution in [2.75, 3.05) is 25.5 Å². The van der Waals surface area contributed by atoms with Crippen molar-refractivity contribution in [1.29, 1.82) is 0 Å². The number of nitrogens with one attached hydrogen (secondary N) is 3. The number of halogens is 3. The van der Waals surface area contributed by atoms with Crippen LogP contribution >= 0.6 is 0 Å². The summed E-state index contributed by atoms with van der Waals surface area (Å²) in [6.45, 7) is -1.19. The molecule has 0 aliphatic carbocycles. The molecule has 3 N–H and O–H groups in total. The zero-order valence-corrected chi connectivity index (χ0v) is 16.2. The minimum Gasteiger partial charge on any atom is -0.454 e. The Hall–Kier alpha value is -3.89. The number of hydrogen-bond donors (Lipinski definition) is 3. The van der Waals surface area contributed by atoms with E-state index >= 15 is 0 Å². The Morgan fingerprint density at radius 1 is 0.871 bits per heavy atom. The Labute approximate surface area is 174 Å². The van der Waals surface area contributed by atoms with E-state index in [1.165, 1.54) is 31.3 Å². The fraction of sp³-hybridized carbons (Fsp3) is 0.200. The highest BCUT2D eigenvalue weighted by Gasteiger charge is 2.30. The van der Waals surface area contributed by atoms with Gasteiger partial charge in [0.1, 0.15) is 6.54 Å². The molecule has 0 aliphatic heterocycles. The Morgan fingerprint density at radius 3 is 1.97 bits per heavy atom. The summed E-state index contributed by atoms with van der Waals surface area (Å²) in [5.74, 6) is -2.61. The molecule has 2 rings (SSSR count). The SMILES string of the molecule is CNC(=O)c1ccc(NC(=O)COC(=O)CNC(=O)c2ccc(C(F)(F)F)cc2)cc1. The average molecular weight is 437 g/mol. The van der Waals surface area contributed by atoms with Gasteiger partial charge in [-0.05, 0) is 48.5 Å². The molecule has 8 nitrogen and oxygen atoms in total. The standard InChI is InChI=1S/C20H18F3N3O5/c1-24-18(29)12-4-8-15(9-5-12)26-16(27)11-31-17(28)10-25-19(30)13-2-6-14(7-3-13)20(21,22)23/h2-9H,10-11H2,1H3,(H,24,29)(H,25,30)(H,26,27). The molecule has 0 radical (unpaired) electrons. The third-order valence-electron chi connectivity index (χ3n) is 3.89. The summed E-state index contributed by atoms with van der Waals surface area (Å²) in [6, 6.07) is 9.44. The summed E-state index contributed by atoms with van der Waals surface area (Å²) < 4.78 is 42.3. The van der Waals surface area contributed by atoms with E-state index < -0.39 is 42.7 Å². The molecule has 11 heteroatoms. The number of ether oxygens (including phenoxy) is 1. The summed E-state index contributed by atoms with van der Waals surface area (Å²) in [4.78, 5) is 46.8. The Kier molecular flexibility index (Phi) is 7.72. The maximum Gasteiger partial charge on any atom is 0.416 e. The normalized spacial score (nSPS) is 10.7. The van der Waals surface area contributed by atoms with E-state index in [9.17, 15) is 32.3 Å². The number of carbonyl (C=O) groups excluding carboxylic acids is 4. The molecule has 0 saturated heterocycles. The van der Waals surface area contributed by atoms with Gasteiger partial charge < -0.3 is 20.7 Å². The lowest BCUT2D eigenvalue weighted by molar-refractivity contribution is -0.146. The predicted molar refractivity (Wildman–Crippen MR) is 103 cm³/mol. The second-order valence-corrected chi connectivity index (χ2v) is 6.12. The molecule has 0 spiro atoms.